The van der Waals surface area contributed by atoms with Crippen molar-refractivity contribution in [1.82, 2.24) is 14.6 Å². The van der Waals surface area contributed by atoms with Crippen LogP contribution in [0.2, 0.25) is 0 Å². The standard InChI is InChI=1S/C11H17N3O2S/c1-14(9-10-2-5-12-6-3-10)17(15,16)11-4-7-13-8-11/h2-3,5-6,11,13H,4,7-9H2,1H3. The van der Waals surface area contributed by atoms with Crippen LogP contribution in [0.3, 0.4) is 0 Å². The highest BCUT2D eigenvalue weighted by atomic mass is 32.2. The minimum Gasteiger partial charge on any atom is -0.315 e. The molecule has 0 amide bonds. The van der Waals surface area contributed by atoms with Gasteiger partial charge in [0.15, 0.2) is 0 Å². The number of rotatable bonds is 4. The molecule has 0 radical (unpaired) electrons. The average molecular weight is 255 g/mol. The Labute approximate surface area is 102 Å². The first-order valence-corrected chi connectivity index (χ1v) is 7.16. The second-order valence-corrected chi connectivity index (χ2v) is 6.59. The summed E-state index contributed by atoms with van der Waals surface area (Å²) in [6.07, 6.45) is 4.04. The molecule has 1 aliphatic heterocycles. The van der Waals surface area contributed by atoms with E-state index in [-0.39, 0.29) is 5.25 Å². The molecule has 1 aromatic rings. The van der Waals surface area contributed by atoms with Gasteiger partial charge in [0, 0.05) is 32.5 Å². The average Bonchev–Trinajstić information content (AvgIpc) is 2.84. The maximum absolute atomic E-state index is 12.2. The Morgan fingerprint density at radius 3 is 2.76 bits per heavy atom. The van der Waals surface area contributed by atoms with E-state index < -0.39 is 10.0 Å². The van der Waals surface area contributed by atoms with E-state index in [0.29, 0.717) is 19.5 Å². The summed E-state index contributed by atoms with van der Waals surface area (Å²) in [5.74, 6) is 0. The molecule has 1 N–H and O–H groups in total. The van der Waals surface area contributed by atoms with Gasteiger partial charge in [-0.25, -0.2) is 12.7 Å². The number of nitrogens with one attached hydrogen (secondary N) is 1. The lowest BCUT2D eigenvalue weighted by Crippen LogP contribution is -2.36. The monoisotopic (exact) mass is 255 g/mol. The van der Waals surface area contributed by atoms with Gasteiger partial charge in [-0.05, 0) is 30.7 Å². The highest BCUT2D eigenvalue weighted by molar-refractivity contribution is 7.89. The Bertz CT molecular complexity index is 455. The summed E-state index contributed by atoms with van der Waals surface area (Å²) >= 11 is 0. The van der Waals surface area contributed by atoms with Crippen LogP contribution in [-0.2, 0) is 16.6 Å². The molecule has 17 heavy (non-hydrogen) atoms. The van der Waals surface area contributed by atoms with Crippen molar-refractivity contribution in [3.05, 3.63) is 30.1 Å². The number of aromatic nitrogens is 1. The molecule has 1 aromatic heterocycles. The first-order chi connectivity index (χ1) is 8.10. The molecule has 1 unspecified atom stereocenters. The Balaban J connectivity index is 2.06. The zero-order valence-corrected chi connectivity index (χ0v) is 10.7. The van der Waals surface area contributed by atoms with Crippen molar-refractivity contribution in [2.45, 2.75) is 18.2 Å². The van der Waals surface area contributed by atoms with E-state index in [4.69, 9.17) is 0 Å². The van der Waals surface area contributed by atoms with Crippen molar-refractivity contribution in [2.24, 2.45) is 0 Å². The summed E-state index contributed by atoms with van der Waals surface area (Å²) in [4.78, 5) is 3.91. The molecule has 94 valence electrons. The van der Waals surface area contributed by atoms with Gasteiger partial charge in [-0.2, -0.15) is 0 Å². The molecule has 6 heteroatoms. The Morgan fingerprint density at radius 2 is 2.18 bits per heavy atom. The molecule has 0 saturated carbocycles. The third-order valence-electron chi connectivity index (χ3n) is 3.03. The topological polar surface area (TPSA) is 62.3 Å². The Morgan fingerprint density at radius 1 is 1.47 bits per heavy atom. The molecule has 1 atom stereocenters. The smallest absolute Gasteiger partial charge is 0.218 e. The third kappa shape index (κ3) is 2.83. The summed E-state index contributed by atoms with van der Waals surface area (Å²) < 4.78 is 25.8. The molecular formula is C11H17N3O2S. The third-order valence-corrected chi connectivity index (χ3v) is 5.27. The van der Waals surface area contributed by atoms with Crippen LogP contribution in [0, 0.1) is 0 Å². The van der Waals surface area contributed by atoms with Crippen LogP contribution in [0.1, 0.15) is 12.0 Å². The van der Waals surface area contributed by atoms with Crippen molar-refractivity contribution < 1.29 is 8.42 Å². The normalized spacial score (nSPS) is 20.9. The van der Waals surface area contributed by atoms with Crippen molar-refractivity contribution in [1.29, 1.82) is 0 Å². The summed E-state index contributed by atoms with van der Waals surface area (Å²) in [5, 5.41) is 2.80. The van der Waals surface area contributed by atoms with E-state index >= 15 is 0 Å². The quantitative estimate of drug-likeness (QED) is 0.835. The lowest BCUT2D eigenvalue weighted by atomic mass is 10.3. The summed E-state index contributed by atoms with van der Waals surface area (Å²) in [6, 6.07) is 3.66. The molecule has 2 heterocycles. The van der Waals surface area contributed by atoms with E-state index in [2.05, 4.69) is 10.3 Å². The van der Waals surface area contributed by atoms with Crippen molar-refractivity contribution in [3.63, 3.8) is 0 Å². The van der Waals surface area contributed by atoms with Crippen molar-refractivity contribution in [2.75, 3.05) is 20.1 Å². The maximum atomic E-state index is 12.2. The SMILES string of the molecule is CN(Cc1ccncc1)S(=O)(=O)C1CCNC1. The van der Waals surface area contributed by atoms with Gasteiger partial charge in [0.2, 0.25) is 10.0 Å². The fraction of sp³-hybridized carbons (Fsp3) is 0.545. The first kappa shape index (κ1) is 12.5. The Kier molecular flexibility index (Phi) is 3.76. The number of nitrogens with zero attached hydrogens (tertiary/aromatic N) is 2. The van der Waals surface area contributed by atoms with Crippen LogP contribution in [0.25, 0.3) is 0 Å². The minimum absolute atomic E-state index is 0.283. The number of pyridine rings is 1. The van der Waals surface area contributed by atoms with Crippen molar-refractivity contribution in [3.8, 4) is 0 Å². The zero-order chi connectivity index (χ0) is 12.3. The number of sulfonamides is 1. The van der Waals surface area contributed by atoms with Crippen molar-refractivity contribution >= 4 is 10.0 Å². The molecular weight excluding hydrogens is 238 g/mol. The predicted octanol–water partition coefficient (Wildman–Crippen LogP) is 0.205. The summed E-state index contributed by atoms with van der Waals surface area (Å²) in [5.41, 5.74) is 0.956. The van der Waals surface area contributed by atoms with Gasteiger partial charge in [0.05, 0.1) is 5.25 Å². The van der Waals surface area contributed by atoms with Crippen LogP contribution in [-0.4, -0.2) is 43.1 Å². The fourth-order valence-corrected chi connectivity index (χ4v) is 3.55. The van der Waals surface area contributed by atoms with E-state index in [1.807, 2.05) is 12.1 Å². The highest BCUT2D eigenvalue weighted by Gasteiger charge is 2.31. The lowest BCUT2D eigenvalue weighted by molar-refractivity contribution is 0.456. The molecule has 5 nitrogen and oxygen atoms in total. The molecule has 1 fully saturated rings. The Hall–Kier alpha value is -0.980. The molecule has 1 aliphatic rings. The minimum atomic E-state index is -3.19. The highest BCUT2D eigenvalue weighted by Crippen LogP contribution is 2.16. The molecule has 1 saturated heterocycles. The van der Waals surface area contributed by atoms with Crippen LogP contribution >= 0.6 is 0 Å². The van der Waals surface area contributed by atoms with Crippen LogP contribution in [0.5, 0.6) is 0 Å². The number of hydrogen-bond acceptors (Lipinski definition) is 4. The van der Waals surface area contributed by atoms with Gasteiger partial charge in [0.1, 0.15) is 0 Å². The molecule has 0 bridgehead atoms. The van der Waals surface area contributed by atoms with E-state index in [9.17, 15) is 8.42 Å². The summed E-state index contributed by atoms with van der Waals surface area (Å²) in [7, 11) is -1.55. The molecule has 0 aliphatic carbocycles. The largest absolute Gasteiger partial charge is 0.315 e. The first-order valence-electron chi connectivity index (χ1n) is 5.65. The van der Waals surface area contributed by atoms with E-state index in [1.54, 1.807) is 19.4 Å². The van der Waals surface area contributed by atoms with Crippen LogP contribution in [0.4, 0.5) is 0 Å². The van der Waals surface area contributed by atoms with Gasteiger partial charge in [0.25, 0.3) is 0 Å². The fourth-order valence-electron chi connectivity index (χ4n) is 1.97. The van der Waals surface area contributed by atoms with Gasteiger partial charge in [-0.15, -0.1) is 0 Å². The summed E-state index contributed by atoms with van der Waals surface area (Å²) in [6.45, 7) is 1.75. The second kappa shape index (κ2) is 5.12. The van der Waals surface area contributed by atoms with Gasteiger partial charge < -0.3 is 5.32 Å². The van der Waals surface area contributed by atoms with E-state index in [0.717, 1.165) is 12.1 Å². The van der Waals surface area contributed by atoms with E-state index in [1.165, 1.54) is 4.31 Å². The molecule has 0 spiro atoms. The zero-order valence-electron chi connectivity index (χ0n) is 9.83. The maximum Gasteiger partial charge on any atom is 0.218 e. The predicted molar refractivity (Wildman–Crippen MR) is 65.9 cm³/mol. The van der Waals surface area contributed by atoms with Crippen LogP contribution < -0.4 is 5.32 Å². The molecule has 2 rings (SSSR count). The lowest BCUT2D eigenvalue weighted by Gasteiger charge is -2.21. The number of hydrogen-bond donors (Lipinski definition) is 1. The van der Waals surface area contributed by atoms with Crippen LogP contribution in [0.15, 0.2) is 24.5 Å². The second-order valence-electron chi connectivity index (χ2n) is 4.27. The van der Waals surface area contributed by atoms with Gasteiger partial charge >= 0.3 is 0 Å². The van der Waals surface area contributed by atoms with Gasteiger partial charge in [-0.3, -0.25) is 4.98 Å². The van der Waals surface area contributed by atoms with Gasteiger partial charge in [-0.1, -0.05) is 0 Å². The molecule has 0 aromatic carbocycles.